The van der Waals surface area contributed by atoms with Gasteiger partial charge in [0.15, 0.2) is 5.91 Å². The molecule has 0 aromatic heterocycles. The Morgan fingerprint density at radius 1 is 0.970 bits per heavy atom. The monoisotopic (exact) mass is 634 g/mol. The molecule has 2 N–H and O–H groups in total. The molecule has 0 spiro atoms. The molecular formula is C26H48N3O3W-. The maximum Gasteiger partial charge on any atom is 0.248 e. The van der Waals surface area contributed by atoms with Crippen LogP contribution in [0.2, 0.25) is 0 Å². The van der Waals surface area contributed by atoms with Gasteiger partial charge in [-0.3, -0.25) is 14.9 Å². The molecule has 33 heavy (non-hydrogen) atoms. The third kappa shape index (κ3) is 19.6. The first-order valence-electron chi connectivity index (χ1n) is 12.4. The van der Waals surface area contributed by atoms with Gasteiger partial charge in [0.05, 0.1) is 0 Å². The average molecular weight is 635 g/mol. The van der Waals surface area contributed by atoms with E-state index in [0.717, 1.165) is 0 Å². The molecule has 3 rings (SSSR count). The molecule has 1 aromatic rings. The van der Waals surface area contributed by atoms with E-state index in [1.54, 1.807) is 24.3 Å². The maximum absolute atomic E-state index is 11.7. The van der Waals surface area contributed by atoms with Crippen LogP contribution in [0, 0.1) is 6.07 Å². The first-order valence-corrected chi connectivity index (χ1v) is 12.4. The third-order valence-electron chi connectivity index (χ3n) is 4.08. The predicted molar refractivity (Wildman–Crippen MR) is 136 cm³/mol. The zero-order valence-electron chi connectivity index (χ0n) is 22.4. The summed E-state index contributed by atoms with van der Waals surface area (Å²) in [6.45, 7) is 18.6. The molecule has 2 fully saturated rings. The van der Waals surface area contributed by atoms with Crippen LogP contribution in [0.15, 0.2) is 24.3 Å². The summed E-state index contributed by atoms with van der Waals surface area (Å²) in [7, 11) is 2.19. The smallest absolute Gasteiger partial charge is 0.248 e. The first-order chi connectivity index (χ1) is 15.6. The fourth-order valence-electron chi connectivity index (χ4n) is 2.65. The molecule has 2 aliphatic rings. The number of hydrogen-bond acceptors (Lipinski definition) is 4. The Morgan fingerprint density at radius 2 is 1.52 bits per heavy atom. The fraction of sp³-hybridized carbons (Fsp3) is 0.654. The van der Waals surface area contributed by atoms with Gasteiger partial charge in [0.1, 0.15) is 6.04 Å². The van der Waals surface area contributed by atoms with Crippen LogP contribution in [0.5, 0.6) is 0 Å². The van der Waals surface area contributed by atoms with Gasteiger partial charge in [-0.05, 0) is 39.4 Å². The van der Waals surface area contributed by atoms with Crippen LogP contribution in [0.3, 0.4) is 0 Å². The predicted octanol–water partition coefficient (Wildman–Crippen LogP) is 5.23. The van der Waals surface area contributed by atoms with E-state index >= 15 is 0 Å². The molecular weight excluding hydrogens is 586 g/mol. The van der Waals surface area contributed by atoms with Crippen LogP contribution in [0.4, 0.5) is 0 Å². The van der Waals surface area contributed by atoms with Crippen molar-refractivity contribution in [1.82, 2.24) is 15.5 Å². The fourth-order valence-corrected chi connectivity index (χ4v) is 2.65. The van der Waals surface area contributed by atoms with Crippen molar-refractivity contribution in [3.63, 3.8) is 0 Å². The number of benzene rings is 1. The number of piperidine rings is 2. The van der Waals surface area contributed by atoms with E-state index < -0.39 is 11.9 Å². The second-order valence-corrected chi connectivity index (χ2v) is 6.12. The van der Waals surface area contributed by atoms with Crippen molar-refractivity contribution in [1.29, 1.82) is 0 Å². The number of nitrogens with one attached hydrogen (secondary N) is 2. The Hall–Kier alpha value is -1.52. The van der Waals surface area contributed by atoms with Crippen LogP contribution in [0.25, 0.3) is 0 Å². The second-order valence-electron chi connectivity index (χ2n) is 6.12. The van der Waals surface area contributed by atoms with Gasteiger partial charge in [-0.1, -0.05) is 67.4 Å². The summed E-state index contributed by atoms with van der Waals surface area (Å²) in [4.78, 5) is 36.5. The SMILES string of the molecule is CC.CC.CC.CC.CN1CCCCC1.O=C1CCC(NC(=O)c2[c-]cccc2)C(=O)N1.[W]. The summed E-state index contributed by atoms with van der Waals surface area (Å²) in [5.74, 6) is -1.11. The second kappa shape index (κ2) is 28.5. The molecule has 6 nitrogen and oxygen atoms in total. The molecule has 0 aliphatic carbocycles. The van der Waals surface area contributed by atoms with E-state index in [4.69, 9.17) is 0 Å². The molecule has 7 heteroatoms. The Morgan fingerprint density at radius 3 is 1.91 bits per heavy atom. The van der Waals surface area contributed by atoms with Gasteiger partial charge in [0, 0.05) is 27.5 Å². The average Bonchev–Trinajstić information content (AvgIpc) is 2.87. The Labute approximate surface area is 217 Å². The van der Waals surface area contributed by atoms with E-state index in [2.05, 4.69) is 28.6 Å². The van der Waals surface area contributed by atoms with E-state index in [1.165, 1.54) is 32.4 Å². The van der Waals surface area contributed by atoms with Crippen LogP contribution in [-0.4, -0.2) is 48.8 Å². The van der Waals surface area contributed by atoms with E-state index in [-0.39, 0.29) is 39.3 Å². The number of imide groups is 1. The molecule has 1 unspecified atom stereocenters. The van der Waals surface area contributed by atoms with Gasteiger partial charge in [0.25, 0.3) is 0 Å². The van der Waals surface area contributed by atoms with Crippen molar-refractivity contribution in [2.75, 3.05) is 20.1 Å². The number of carbonyl (C=O) groups excluding carboxylic acids is 3. The van der Waals surface area contributed by atoms with Crippen molar-refractivity contribution in [2.24, 2.45) is 0 Å². The van der Waals surface area contributed by atoms with Crippen LogP contribution >= 0.6 is 0 Å². The zero-order chi connectivity index (χ0) is 25.4. The van der Waals surface area contributed by atoms with Crippen molar-refractivity contribution >= 4 is 17.7 Å². The quantitative estimate of drug-likeness (QED) is 0.346. The van der Waals surface area contributed by atoms with Gasteiger partial charge >= 0.3 is 0 Å². The Balaban J connectivity index is -0.000000221. The van der Waals surface area contributed by atoms with Gasteiger partial charge in [-0.15, -0.1) is 30.3 Å². The van der Waals surface area contributed by atoms with Gasteiger partial charge in [-0.25, -0.2) is 0 Å². The van der Waals surface area contributed by atoms with Crippen LogP contribution in [0.1, 0.15) is 97.9 Å². The number of hydrogen-bond donors (Lipinski definition) is 2. The molecule has 2 heterocycles. The molecule has 2 saturated heterocycles. The summed E-state index contributed by atoms with van der Waals surface area (Å²) in [6, 6.07) is 8.83. The summed E-state index contributed by atoms with van der Waals surface area (Å²) in [5.41, 5.74) is 0.372. The van der Waals surface area contributed by atoms with Gasteiger partial charge in [0.2, 0.25) is 11.8 Å². The van der Waals surface area contributed by atoms with E-state index in [0.29, 0.717) is 12.0 Å². The molecule has 0 bridgehead atoms. The van der Waals surface area contributed by atoms with Crippen LogP contribution < -0.4 is 10.6 Å². The zero-order valence-corrected chi connectivity index (χ0v) is 25.4. The molecule has 3 amide bonds. The van der Waals surface area contributed by atoms with Gasteiger partial charge < -0.3 is 15.0 Å². The molecule has 1 aromatic carbocycles. The largest absolute Gasteiger partial charge is 0.381 e. The first kappa shape index (κ1) is 38.7. The van der Waals surface area contributed by atoms with E-state index in [1.807, 2.05) is 55.4 Å². The maximum atomic E-state index is 11.7. The minimum absolute atomic E-state index is 0. The Bertz CT molecular complexity index is 577. The standard InChI is InChI=1S/C12H11N2O3.C6H13N.4C2H6.W/c15-10-7-6-9(12(17)14-10)13-11(16)8-4-2-1-3-5-8;1-7-5-3-2-4-6-7;4*1-2;/h1-4,9H,6-7H2,(H,13,16)(H,14,15,17);2-6H2,1H3;4*1-2H3;/q-1;;;;;;. The Kier molecular flexibility index (Phi) is 33.5. The normalized spacial score (nSPS) is 16.2. The number of likely N-dealkylation sites (tertiary alicyclic amines) is 1. The number of nitrogens with zero attached hydrogens (tertiary/aromatic N) is 1. The van der Waals surface area contributed by atoms with Crippen molar-refractivity contribution in [3.05, 3.63) is 35.9 Å². The molecule has 192 valence electrons. The van der Waals surface area contributed by atoms with Crippen molar-refractivity contribution in [2.45, 2.75) is 93.5 Å². The molecule has 1 atom stereocenters. The number of carbonyl (C=O) groups is 3. The summed E-state index contributed by atoms with van der Waals surface area (Å²) in [5, 5.41) is 4.75. The van der Waals surface area contributed by atoms with Crippen LogP contribution in [-0.2, 0) is 30.7 Å². The minimum Gasteiger partial charge on any atom is -0.381 e. The topological polar surface area (TPSA) is 78.5 Å². The molecule has 0 saturated carbocycles. The summed E-state index contributed by atoms with van der Waals surface area (Å²) >= 11 is 0. The van der Waals surface area contributed by atoms with Crippen molar-refractivity contribution < 1.29 is 35.4 Å². The number of amides is 3. The van der Waals surface area contributed by atoms with Crippen molar-refractivity contribution in [3.8, 4) is 0 Å². The minimum atomic E-state index is -0.645. The number of rotatable bonds is 2. The van der Waals surface area contributed by atoms with Gasteiger partial charge in [-0.2, -0.15) is 0 Å². The summed E-state index contributed by atoms with van der Waals surface area (Å²) in [6.07, 6.45) is 4.86. The molecule has 2 aliphatic heterocycles. The van der Waals surface area contributed by atoms with E-state index in [9.17, 15) is 14.4 Å². The third-order valence-corrected chi connectivity index (χ3v) is 4.08. The molecule has 0 radical (unpaired) electrons. The summed E-state index contributed by atoms with van der Waals surface area (Å²) < 4.78 is 0.